The lowest BCUT2D eigenvalue weighted by atomic mass is 10.0. The van der Waals surface area contributed by atoms with E-state index >= 15 is 0 Å². The molecule has 19 heteroatoms. The van der Waals surface area contributed by atoms with E-state index in [0.29, 0.717) is 25.7 Å². The average Bonchev–Trinajstić information content (AvgIpc) is 0.970. The molecular weight excluding hydrogens is 1370 g/mol. The summed E-state index contributed by atoms with van der Waals surface area (Å²) >= 11 is 0. The number of phosphoric ester groups is 2. The molecule has 0 bridgehead atoms. The second-order valence-electron chi connectivity index (χ2n) is 32.4. The molecule has 0 aliphatic carbocycles. The number of unbranched alkanes of at least 4 members (excludes halogenated alkanes) is 52. The third-order valence-electron chi connectivity index (χ3n) is 20.1. The van der Waals surface area contributed by atoms with Gasteiger partial charge in [0.05, 0.1) is 26.4 Å². The largest absolute Gasteiger partial charge is 0.472 e. The summed E-state index contributed by atoms with van der Waals surface area (Å²) in [7, 11) is -9.93. The molecule has 0 aromatic carbocycles. The molecular formula is C86H168O17P2. The van der Waals surface area contributed by atoms with E-state index in [4.69, 9.17) is 37.0 Å². The fraction of sp³-hybridized carbons (Fsp3) is 0.953. The van der Waals surface area contributed by atoms with Gasteiger partial charge in [0.25, 0.3) is 0 Å². The molecule has 0 fully saturated rings. The Morgan fingerprint density at radius 2 is 0.438 bits per heavy atom. The Bertz CT molecular complexity index is 2030. The molecule has 0 heterocycles. The molecule has 0 aromatic heterocycles. The van der Waals surface area contributed by atoms with Crippen LogP contribution in [0.5, 0.6) is 0 Å². The van der Waals surface area contributed by atoms with Gasteiger partial charge in [0.2, 0.25) is 0 Å². The van der Waals surface area contributed by atoms with Crippen LogP contribution in [-0.4, -0.2) is 96.7 Å². The highest BCUT2D eigenvalue weighted by Gasteiger charge is 2.30. The summed E-state index contributed by atoms with van der Waals surface area (Å²) in [5.41, 5.74) is 0. The number of hydrogen-bond donors (Lipinski definition) is 3. The summed E-state index contributed by atoms with van der Waals surface area (Å²) in [5, 5.41) is 10.7. The summed E-state index contributed by atoms with van der Waals surface area (Å²) in [6, 6.07) is 0. The number of aliphatic hydroxyl groups excluding tert-OH is 1. The molecule has 0 saturated carbocycles. The topological polar surface area (TPSA) is 237 Å². The van der Waals surface area contributed by atoms with Gasteiger partial charge in [0.15, 0.2) is 12.2 Å². The van der Waals surface area contributed by atoms with E-state index in [2.05, 4.69) is 48.5 Å². The van der Waals surface area contributed by atoms with Crippen molar-refractivity contribution in [3.63, 3.8) is 0 Å². The number of hydrogen-bond acceptors (Lipinski definition) is 15. The third-order valence-corrected chi connectivity index (χ3v) is 22.0. The SMILES string of the molecule is CCCCCCCCCCCCCCCCCCCC(=O)OC[C@H](COP(=O)(O)OC[C@@H](O)COP(=O)(O)OC[C@@H](COC(=O)CCCCCCCCCCC(C)C)OC(=O)CCCCCCCCCCCCCCCC(C)C)OC(=O)CCCCCCCCCCCCCCCCCCCCC(C)C. The second kappa shape index (κ2) is 76.1. The van der Waals surface area contributed by atoms with Crippen LogP contribution in [0.3, 0.4) is 0 Å². The predicted molar refractivity (Wildman–Crippen MR) is 432 cm³/mol. The molecule has 5 atom stereocenters. The van der Waals surface area contributed by atoms with Crippen LogP contribution in [0.25, 0.3) is 0 Å². The lowest BCUT2D eigenvalue weighted by Gasteiger charge is -2.21. The predicted octanol–water partition coefficient (Wildman–Crippen LogP) is 26.1. The first kappa shape index (κ1) is 103. The number of esters is 4. The maximum atomic E-state index is 13.1. The second-order valence-corrected chi connectivity index (χ2v) is 35.3. The Kier molecular flexibility index (Phi) is 74.7. The molecule has 0 saturated heterocycles. The maximum Gasteiger partial charge on any atom is 0.472 e. The normalized spacial score (nSPS) is 13.9. The molecule has 0 aromatic rings. The molecule has 105 heavy (non-hydrogen) atoms. The molecule has 0 rings (SSSR count). The Morgan fingerprint density at radius 1 is 0.257 bits per heavy atom. The zero-order valence-corrected chi connectivity index (χ0v) is 71.0. The van der Waals surface area contributed by atoms with Crippen LogP contribution in [0.2, 0.25) is 0 Å². The van der Waals surface area contributed by atoms with Crippen molar-refractivity contribution < 1.29 is 80.2 Å². The van der Waals surface area contributed by atoms with Gasteiger partial charge in [-0.1, -0.05) is 402 Å². The lowest BCUT2D eigenvalue weighted by Crippen LogP contribution is -2.30. The van der Waals surface area contributed by atoms with Crippen molar-refractivity contribution in [3.8, 4) is 0 Å². The van der Waals surface area contributed by atoms with Gasteiger partial charge in [-0.25, -0.2) is 9.13 Å². The molecule has 17 nitrogen and oxygen atoms in total. The maximum absolute atomic E-state index is 13.1. The van der Waals surface area contributed by atoms with Crippen molar-refractivity contribution in [2.24, 2.45) is 17.8 Å². The summed E-state index contributed by atoms with van der Waals surface area (Å²) in [6.07, 6.45) is 66.7. The number of rotatable bonds is 84. The highest BCUT2D eigenvalue weighted by molar-refractivity contribution is 7.47. The lowest BCUT2D eigenvalue weighted by molar-refractivity contribution is -0.161. The first-order valence-corrected chi connectivity index (χ1v) is 47.3. The van der Waals surface area contributed by atoms with Gasteiger partial charge in [0.1, 0.15) is 19.3 Å². The molecule has 2 unspecified atom stereocenters. The van der Waals surface area contributed by atoms with Crippen molar-refractivity contribution in [2.45, 2.75) is 471 Å². The van der Waals surface area contributed by atoms with Gasteiger partial charge in [0, 0.05) is 25.7 Å². The van der Waals surface area contributed by atoms with E-state index in [9.17, 15) is 43.2 Å². The quantitative estimate of drug-likeness (QED) is 0.0222. The van der Waals surface area contributed by atoms with Crippen molar-refractivity contribution in [1.29, 1.82) is 0 Å². The summed E-state index contributed by atoms with van der Waals surface area (Å²) in [5.74, 6) is 0.229. The van der Waals surface area contributed by atoms with Gasteiger partial charge in [-0.2, -0.15) is 0 Å². The minimum atomic E-state index is -4.97. The minimum absolute atomic E-state index is 0.107. The first-order chi connectivity index (χ1) is 50.7. The fourth-order valence-corrected chi connectivity index (χ4v) is 14.9. The van der Waals surface area contributed by atoms with Crippen molar-refractivity contribution in [3.05, 3.63) is 0 Å². The van der Waals surface area contributed by atoms with Crippen LogP contribution in [0.15, 0.2) is 0 Å². The third kappa shape index (κ3) is 79.9. The zero-order valence-electron chi connectivity index (χ0n) is 69.2. The van der Waals surface area contributed by atoms with Gasteiger partial charge in [-0.3, -0.25) is 37.3 Å². The monoisotopic (exact) mass is 1540 g/mol. The molecule has 0 radical (unpaired) electrons. The highest BCUT2D eigenvalue weighted by atomic mass is 31.2. The average molecular weight is 1540 g/mol. The summed E-state index contributed by atoms with van der Waals surface area (Å²) < 4.78 is 68.9. The van der Waals surface area contributed by atoms with Gasteiger partial charge < -0.3 is 33.8 Å². The van der Waals surface area contributed by atoms with Gasteiger partial charge in [-0.05, 0) is 43.4 Å². The van der Waals surface area contributed by atoms with Crippen molar-refractivity contribution in [2.75, 3.05) is 39.6 Å². The molecule has 0 spiro atoms. The van der Waals surface area contributed by atoms with Crippen LogP contribution >= 0.6 is 15.6 Å². The molecule has 0 aliphatic heterocycles. The van der Waals surface area contributed by atoms with E-state index in [0.717, 1.165) is 108 Å². The molecule has 0 amide bonds. The number of ether oxygens (including phenoxy) is 4. The van der Waals surface area contributed by atoms with Gasteiger partial charge >= 0.3 is 39.5 Å². The van der Waals surface area contributed by atoms with Crippen LogP contribution in [0.1, 0.15) is 453 Å². The number of aliphatic hydroxyl groups is 1. The fourth-order valence-electron chi connectivity index (χ4n) is 13.4. The van der Waals surface area contributed by atoms with Crippen LogP contribution in [0.4, 0.5) is 0 Å². The summed E-state index contributed by atoms with van der Waals surface area (Å²) in [4.78, 5) is 73.2. The van der Waals surface area contributed by atoms with Crippen LogP contribution < -0.4 is 0 Å². The van der Waals surface area contributed by atoms with E-state index in [1.807, 2.05) is 0 Å². The number of phosphoric acid groups is 2. The Labute approximate surface area is 645 Å². The van der Waals surface area contributed by atoms with E-state index < -0.39 is 97.5 Å². The van der Waals surface area contributed by atoms with Gasteiger partial charge in [-0.15, -0.1) is 0 Å². The molecule has 624 valence electrons. The summed E-state index contributed by atoms with van der Waals surface area (Å²) in [6.45, 7) is 12.0. The minimum Gasteiger partial charge on any atom is -0.462 e. The Morgan fingerprint density at radius 3 is 0.648 bits per heavy atom. The smallest absolute Gasteiger partial charge is 0.462 e. The Balaban J connectivity index is 5.24. The molecule has 3 N–H and O–H groups in total. The molecule has 0 aliphatic rings. The van der Waals surface area contributed by atoms with Crippen LogP contribution in [0, 0.1) is 17.8 Å². The van der Waals surface area contributed by atoms with Crippen molar-refractivity contribution in [1.82, 2.24) is 0 Å². The Hall–Kier alpha value is -1.94. The number of carbonyl (C=O) groups excluding carboxylic acids is 4. The number of carbonyl (C=O) groups is 4. The van der Waals surface area contributed by atoms with Crippen molar-refractivity contribution >= 4 is 39.5 Å². The standard InChI is InChI=1S/C86H168O17P2/c1-8-9-10-11-12-13-14-15-16-19-23-28-33-38-46-53-60-67-83(88)96-73-81(102-85(90)69-62-55-48-39-34-29-24-21-18-17-20-22-26-31-36-43-50-57-64-77(2)3)75-100-104(92,93)98-71-80(87)72-99-105(94,95)101-76-82(74-97-84(89)68-61-54-47-42-41-45-52-59-66-79(6)7)103-86(91)70-63-56-49-40-35-30-25-27-32-37-44-51-58-65-78(4)5/h77-82,87H,8-76H2,1-7H3,(H,92,93)(H,94,95)/t80-,81-,82-/m1/s1. The highest BCUT2D eigenvalue weighted by Crippen LogP contribution is 2.45. The zero-order chi connectivity index (χ0) is 77.2. The first-order valence-electron chi connectivity index (χ1n) is 44.3. The van der Waals surface area contributed by atoms with E-state index in [-0.39, 0.29) is 25.7 Å². The van der Waals surface area contributed by atoms with E-state index in [1.165, 1.54) is 263 Å². The van der Waals surface area contributed by atoms with Crippen LogP contribution in [-0.2, 0) is 65.4 Å². The van der Waals surface area contributed by atoms with E-state index in [1.54, 1.807) is 0 Å².